The summed E-state index contributed by atoms with van der Waals surface area (Å²) in [6, 6.07) is 15.9. The highest BCUT2D eigenvalue weighted by Gasteiger charge is 2.73. The second-order valence-corrected chi connectivity index (χ2v) is 17.1. The molecule has 4 aliphatic rings. The first-order valence-corrected chi connectivity index (χ1v) is 19.6. The highest BCUT2D eigenvalue weighted by molar-refractivity contribution is 5.96. The van der Waals surface area contributed by atoms with Crippen molar-refractivity contribution in [3.63, 3.8) is 0 Å². The fraction of sp³-hybridized carbons (Fsp3) is 0.568. The van der Waals surface area contributed by atoms with Gasteiger partial charge >= 0.3 is 17.9 Å². The van der Waals surface area contributed by atoms with E-state index < -0.39 is 93.7 Å². The summed E-state index contributed by atoms with van der Waals surface area (Å²) in [6.45, 7) is 14.1. The summed E-state index contributed by atoms with van der Waals surface area (Å²) in [5.74, 6) is -4.73. The van der Waals surface area contributed by atoms with Gasteiger partial charge in [0, 0.05) is 42.6 Å². The Balaban J connectivity index is 1.47. The van der Waals surface area contributed by atoms with Crippen molar-refractivity contribution >= 4 is 29.6 Å². The number of hydrogen-bond acceptors (Lipinski definition) is 11. The lowest BCUT2D eigenvalue weighted by atomic mass is 9.40. The van der Waals surface area contributed by atoms with Crippen LogP contribution in [-0.2, 0) is 38.1 Å². The lowest BCUT2D eigenvalue weighted by molar-refractivity contribution is -0.302. The summed E-state index contributed by atoms with van der Waals surface area (Å²) in [5.41, 5.74) is -3.52. The van der Waals surface area contributed by atoms with Crippen LogP contribution in [0.4, 0.5) is 0 Å². The van der Waals surface area contributed by atoms with Crippen LogP contribution >= 0.6 is 0 Å². The van der Waals surface area contributed by atoms with E-state index in [9.17, 15) is 29.4 Å². The Kier molecular flexibility index (Phi) is 11.2. The molecule has 0 radical (unpaired) electrons. The molecule has 3 aliphatic carbocycles. The van der Waals surface area contributed by atoms with Gasteiger partial charge in [-0.3, -0.25) is 19.2 Å². The number of aliphatic hydroxyl groups is 2. The highest BCUT2D eigenvalue weighted by atomic mass is 16.6. The predicted molar refractivity (Wildman–Crippen MR) is 204 cm³/mol. The topological polar surface area (TPSA) is 175 Å². The Morgan fingerprint density at radius 3 is 2.18 bits per heavy atom. The molecular formula is C44H55NO11. The monoisotopic (exact) mass is 773 g/mol. The van der Waals surface area contributed by atoms with Gasteiger partial charge in [0.15, 0.2) is 11.9 Å². The summed E-state index contributed by atoms with van der Waals surface area (Å²) in [5, 5.41) is 27.9. The van der Waals surface area contributed by atoms with Crippen molar-refractivity contribution in [1.29, 1.82) is 0 Å². The lowest BCUT2D eigenvalue weighted by Crippen LogP contribution is -2.75. The minimum atomic E-state index is -1.70. The van der Waals surface area contributed by atoms with E-state index >= 15 is 4.79 Å². The number of nitrogens with one attached hydrogen (secondary N) is 1. The first-order valence-electron chi connectivity index (χ1n) is 19.6. The quantitative estimate of drug-likeness (QED) is 0.165. The summed E-state index contributed by atoms with van der Waals surface area (Å²) in [4.78, 5) is 69.4. The molecule has 56 heavy (non-hydrogen) atoms. The van der Waals surface area contributed by atoms with Crippen LogP contribution in [0.15, 0.2) is 71.8 Å². The predicted octanol–water partition coefficient (Wildman–Crippen LogP) is 5.20. The van der Waals surface area contributed by atoms with Crippen LogP contribution in [0.1, 0.15) is 103 Å². The van der Waals surface area contributed by atoms with Gasteiger partial charge in [-0.2, -0.15) is 0 Å². The zero-order valence-corrected chi connectivity index (χ0v) is 33.5. The number of ether oxygens (including phenoxy) is 4. The number of amides is 1. The van der Waals surface area contributed by atoms with Crippen LogP contribution in [0.5, 0.6) is 0 Å². The molecular weight excluding hydrogens is 718 g/mol. The third kappa shape index (κ3) is 6.67. The average molecular weight is 774 g/mol. The van der Waals surface area contributed by atoms with Crippen LogP contribution in [0.25, 0.3) is 0 Å². The summed E-state index contributed by atoms with van der Waals surface area (Å²) < 4.78 is 24.0. The fourth-order valence-electron chi connectivity index (χ4n) is 10.5. The second-order valence-electron chi connectivity index (χ2n) is 17.1. The van der Waals surface area contributed by atoms with Crippen LogP contribution in [0.2, 0.25) is 0 Å². The van der Waals surface area contributed by atoms with Gasteiger partial charge in [0.1, 0.15) is 12.1 Å². The summed E-state index contributed by atoms with van der Waals surface area (Å²) >= 11 is 0. The normalized spacial score (nSPS) is 34.2. The molecule has 12 heteroatoms. The average Bonchev–Trinajstić information content (AvgIpc) is 3.15. The number of esters is 3. The van der Waals surface area contributed by atoms with Gasteiger partial charge in [0.2, 0.25) is 6.10 Å². The van der Waals surface area contributed by atoms with Crippen LogP contribution in [-0.4, -0.2) is 82.5 Å². The molecule has 1 amide bonds. The van der Waals surface area contributed by atoms with E-state index in [0.29, 0.717) is 29.7 Å². The van der Waals surface area contributed by atoms with Gasteiger partial charge in [-0.05, 0) is 60.9 Å². The van der Waals surface area contributed by atoms with Gasteiger partial charge in [0.05, 0.1) is 29.8 Å². The Morgan fingerprint density at radius 1 is 0.982 bits per heavy atom. The zero-order valence-electron chi connectivity index (χ0n) is 33.5. The van der Waals surface area contributed by atoms with E-state index in [1.807, 2.05) is 13.8 Å². The van der Waals surface area contributed by atoms with Gasteiger partial charge in [-0.15, -0.1) is 0 Å². The first-order chi connectivity index (χ1) is 26.3. The third-order valence-corrected chi connectivity index (χ3v) is 13.5. The molecule has 2 aromatic carbocycles. The molecule has 2 saturated carbocycles. The maximum absolute atomic E-state index is 15.1. The Morgan fingerprint density at radius 2 is 1.61 bits per heavy atom. The van der Waals surface area contributed by atoms with Crippen LogP contribution in [0.3, 0.4) is 0 Å². The van der Waals surface area contributed by atoms with Gasteiger partial charge < -0.3 is 34.5 Å². The molecule has 3 fully saturated rings. The molecule has 1 aliphatic heterocycles. The van der Waals surface area contributed by atoms with Crippen LogP contribution < -0.4 is 5.32 Å². The zero-order chi connectivity index (χ0) is 41.0. The number of carbonyl (C=O) groups is 5. The Labute approximate surface area is 328 Å². The van der Waals surface area contributed by atoms with E-state index in [4.69, 9.17) is 18.9 Å². The Bertz CT molecular complexity index is 1890. The maximum Gasteiger partial charge on any atom is 0.350 e. The van der Waals surface area contributed by atoms with Crippen molar-refractivity contribution in [1.82, 2.24) is 5.32 Å². The van der Waals surface area contributed by atoms with Gasteiger partial charge in [-0.1, -0.05) is 83.1 Å². The standard InChI is InChI=1S/C44H55NO11/c1-9-16-32(48)56-36(34(27-17-12-10-13-18-27)45-39(50)28-19-14-11-15-20-28)40(51)55-29-22-44(52)25(3)37-42(7)23-53-31(42)21-30(47)43(37,8)38(49)35(54-26(4)46)33(24(29)2)41(44,5)6/h10-15,17-20,25,29-31,34-37,47,52H,9,16,21-23H2,1-8H3,(H,45,50)/t25?,29-,30-,31+,34-,35+,36+,37?,42+,43+,44+/m0/s1. The number of rotatable bonds is 10. The van der Waals surface area contributed by atoms with Gasteiger partial charge in [-0.25, -0.2) is 4.79 Å². The molecule has 3 N–H and O–H groups in total. The largest absolute Gasteiger partial charge is 0.455 e. The van der Waals surface area contributed by atoms with Crippen molar-refractivity contribution in [3.8, 4) is 0 Å². The van der Waals surface area contributed by atoms with Gasteiger partial charge in [0.25, 0.3) is 5.91 Å². The fourth-order valence-corrected chi connectivity index (χ4v) is 10.5. The summed E-state index contributed by atoms with van der Waals surface area (Å²) in [7, 11) is 0. The van der Waals surface area contributed by atoms with E-state index in [2.05, 4.69) is 5.32 Å². The molecule has 12 nitrogen and oxygen atoms in total. The van der Waals surface area contributed by atoms with Crippen molar-refractivity contribution in [2.75, 3.05) is 6.61 Å². The molecule has 2 aromatic rings. The number of aliphatic hydroxyl groups excluding tert-OH is 1. The Hall–Kier alpha value is -4.39. The molecule has 11 atom stereocenters. The van der Waals surface area contributed by atoms with E-state index in [-0.39, 0.29) is 30.9 Å². The SMILES string of the molecule is CCCC(=O)O[C@@H](C(=O)O[C@H]1C[C@@]2(O)C(C)C3[C@]4(C)CO[C@@H]4C[C@H](O)[C@@]3(C)C(=O)[C@H](OC(C)=O)C(=C1C)C2(C)C)[C@@H](NC(=O)c1ccccc1)c1ccccc1. The molecule has 1 heterocycles. The maximum atomic E-state index is 15.1. The van der Waals surface area contributed by atoms with Crippen molar-refractivity contribution in [2.45, 2.75) is 123 Å². The van der Waals surface area contributed by atoms with Crippen LogP contribution in [0, 0.1) is 28.1 Å². The lowest BCUT2D eigenvalue weighted by Gasteiger charge is -2.68. The number of ketones is 1. The van der Waals surface area contributed by atoms with E-state index in [1.165, 1.54) is 6.92 Å². The molecule has 1 saturated heterocycles. The third-order valence-electron chi connectivity index (χ3n) is 13.5. The minimum Gasteiger partial charge on any atom is -0.455 e. The van der Waals surface area contributed by atoms with E-state index in [1.54, 1.807) is 95.3 Å². The van der Waals surface area contributed by atoms with Crippen molar-refractivity contribution < 1.29 is 53.1 Å². The molecule has 0 aromatic heterocycles. The number of benzene rings is 2. The molecule has 2 bridgehead atoms. The molecule has 302 valence electrons. The second kappa shape index (κ2) is 15.2. The number of Topliss-reactive ketones (excluding diaryl/α,β-unsaturated/α-hetero) is 1. The molecule has 0 spiro atoms. The smallest absolute Gasteiger partial charge is 0.350 e. The highest BCUT2D eigenvalue weighted by Crippen LogP contribution is 2.67. The first kappa shape index (κ1) is 41.2. The van der Waals surface area contributed by atoms with E-state index in [0.717, 1.165) is 0 Å². The van der Waals surface area contributed by atoms with Crippen molar-refractivity contribution in [2.24, 2.45) is 28.1 Å². The molecule has 6 rings (SSSR count). The number of fused-ring (bicyclic) bond motifs is 5. The summed E-state index contributed by atoms with van der Waals surface area (Å²) in [6.07, 6.45) is -5.38. The number of hydrogen-bond donors (Lipinski definition) is 3. The minimum absolute atomic E-state index is 0.00244. The number of carbonyl (C=O) groups excluding carboxylic acids is 5. The van der Waals surface area contributed by atoms with Crippen molar-refractivity contribution in [3.05, 3.63) is 82.9 Å². The molecule has 2 unspecified atom stereocenters.